The zero-order valence-corrected chi connectivity index (χ0v) is 18.2. The minimum atomic E-state index is -0.686. The first-order valence-corrected chi connectivity index (χ1v) is 10.5. The Kier molecular flexibility index (Phi) is 5.20. The van der Waals surface area contributed by atoms with E-state index in [1.807, 2.05) is 0 Å². The highest BCUT2D eigenvalue weighted by Crippen LogP contribution is 2.32. The maximum atomic E-state index is 14.7. The average molecular weight is 462 g/mol. The van der Waals surface area contributed by atoms with E-state index in [0.717, 1.165) is 6.08 Å². The fourth-order valence-electron chi connectivity index (χ4n) is 4.31. The van der Waals surface area contributed by atoms with Crippen LogP contribution < -0.4 is 5.73 Å². The number of nitrogens with two attached hydrogens (primary N) is 1. The molecular weight excluding hydrogens is 442 g/mol. The predicted octanol–water partition coefficient (Wildman–Crippen LogP) is 2.13. The van der Waals surface area contributed by atoms with Crippen LogP contribution in [0.25, 0.3) is 22.1 Å². The molecular formula is C23H20F2N8O. The van der Waals surface area contributed by atoms with E-state index in [1.54, 1.807) is 28.7 Å². The van der Waals surface area contributed by atoms with Crippen molar-refractivity contribution in [3.63, 3.8) is 0 Å². The quantitative estimate of drug-likeness (QED) is 0.369. The topological polar surface area (TPSA) is 108 Å². The Morgan fingerprint density at radius 1 is 1.32 bits per heavy atom. The number of hydrogen-bond acceptors (Lipinski definition) is 6. The summed E-state index contributed by atoms with van der Waals surface area (Å²) in [5.74, 6) is 5.02. The monoisotopic (exact) mass is 462 g/mol. The normalized spacial score (nSPS) is 17.8. The molecule has 1 saturated heterocycles. The van der Waals surface area contributed by atoms with E-state index < -0.39 is 18.5 Å². The van der Waals surface area contributed by atoms with Crippen molar-refractivity contribution in [2.45, 2.75) is 18.5 Å². The summed E-state index contributed by atoms with van der Waals surface area (Å²) in [5.41, 5.74) is 8.19. The first-order valence-electron chi connectivity index (χ1n) is 10.5. The van der Waals surface area contributed by atoms with E-state index in [2.05, 4.69) is 38.5 Å². The van der Waals surface area contributed by atoms with Crippen LogP contribution in [-0.4, -0.2) is 59.4 Å². The number of halogens is 2. The van der Waals surface area contributed by atoms with E-state index in [-0.39, 0.29) is 35.6 Å². The molecule has 9 nitrogen and oxygen atoms in total. The molecule has 172 valence electrons. The van der Waals surface area contributed by atoms with Gasteiger partial charge in [-0.3, -0.25) is 4.79 Å². The number of alkyl halides is 1. The van der Waals surface area contributed by atoms with E-state index >= 15 is 0 Å². The fraction of sp³-hybridized carbons (Fsp3) is 0.261. The number of carbonyl (C=O) groups excluding carboxylic acids is 1. The fourth-order valence-corrected chi connectivity index (χ4v) is 4.31. The third-order valence-corrected chi connectivity index (χ3v) is 6.02. The van der Waals surface area contributed by atoms with Crippen molar-refractivity contribution in [3.05, 3.63) is 54.5 Å². The van der Waals surface area contributed by atoms with Crippen molar-refractivity contribution in [2.24, 2.45) is 7.05 Å². The van der Waals surface area contributed by atoms with Crippen LogP contribution in [-0.2, 0) is 11.8 Å². The van der Waals surface area contributed by atoms with Gasteiger partial charge in [0.25, 0.3) is 0 Å². The molecule has 11 heteroatoms. The molecule has 2 atom stereocenters. The molecule has 1 aliphatic heterocycles. The number of aryl methyl sites for hydroxylation is 1. The molecule has 0 aliphatic carbocycles. The third kappa shape index (κ3) is 3.44. The summed E-state index contributed by atoms with van der Waals surface area (Å²) in [6.45, 7) is 3.04. The predicted molar refractivity (Wildman–Crippen MR) is 122 cm³/mol. The maximum Gasteiger partial charge on any atom is 0.246 e. The second kappa shape index (κ2) is 8.22. The van der Waals surface area contributed by atoms with Gasteiger partial charge in [-0.2, -0.15) is 5.10 Å². The lowest BCUT2D eigenvalue weighted by molar-refractivity contribution is -0.127. The molecule has 1 aliphatic rings. The Bertz CT molecular complexity index is 1510. The number of carbonyl (C=O) groups is 1. The van der Waals surface area contributed by atoms with Gasteiger partial charge < -0.3 is 15.2 Å². The van der Waals surface area contributed by atoms with Gasteiger partial charge in [0.05, 0.1) is 40.4 Å². The van der Waals surface area contributed by atoms with Gasteiger partial charge in [-0.05, 0) is 24.5 Å². The van der Waals surface area contributed by atoms with Crippen molar-refractivity contribution in [3.8, 4) is 11.8 Å². The number of rotatable bonds is 3. The third-order valence-electron chi connectivity index (χ3n) is 6.02. The summed E-state index contributed by atoms with van der Waals surface area (Å²) < 4.78 is 31.6. The smallest absolute Gasteiger partial charge is 0.246 e. The van der Waals surface area contributed by atoms with E-state index in [1.165, 1.54) is 17.3 Å². The van der Waals surface area contributed by atoms with Crippen LogP contribution in [0.15, 0.2) is 37.4 Å². The van der Waals surface area contributed by atoms with Crippen LogP contribution in [0, 0.1) is 17.7 Å². The Balaban J connectivity index is 1.58. The van der Waals surface area contributed by atoms with Crippen molar-refractivity contribution in [1.29, 1.82) is 0 Å². The molecule has 34 heavy (non-hydrogen) atoms. The summed E-state index contributed by atoms with van der Waals surface area (Å²) in [6.07, 6.45) is 4.40. The zero-order valence-electron chi connectivity index (χ0n) is 18.2. The number of benzene rings is 1. The molecule has 0 spiro atoms. The van der Waals surface area contributed by atoms with Gasteiger partial charge in [0, 0.05) is 19.7 Å². The first kappa shape index (κ1) is 21.5. The zero-order chi connectivity index (χ0) is 24.0. The Labute approximate surface area is 192 Å². The number of imidazole rings is 1. The molecule has 2 N–H and O–H groups in total. The molecule has 0 radical (unpaired) electrons. The SMILES string of the molecule is C=CC(=O)N1CC(n2nc(C#Cc3cc4ncn(C)c4cc3F)c3c(N)ncnc32)C[C@@H]1CF. The summed E-state index contributed by atoms with van der Waals surface area (Å²) >= 11 is 0. The maximum absolute atomic E-state index is 14.7. The molecule has 4 heterocycles. The van der Waals surface area contributed by atoms with Crippen molar-refractivity contribution in [2.75, 3.05) is 19.0 Å². The van der Waals surface area contributed by atoms with Crippen molar-refractivity contribution in [1.82, 2.24) is 34.2 Å². The molecule has 1 unspecified atom stereocenters. The number of nitrogens with zero attached hydrogens (tertiary/aromatic N) is 7. The number of fused-ring (bicyclic) bond motifs is 2. The van der Waals surface area contributed by atoms with Crippen LogP contribution in [0.3, 0.4) is 0 Å². The van der Waals surface area contributed by atoms with Gasteiger partial charge in [-0.1, -0.05) is 12.5 Å². The minimum Gasteiger partial charge on any atom is -0.383 e. The van der Waals surface area contributed by atoms with Crippen LogP contribution >= 0.6 is 0 Å². The Morgan fingerprint density at radius 2 is 2.15 bits per heavy atom. The molecule has 1 fully saturated rings. The minimum absolute atomic E-state index is 0.158. The van der Waals surface area contributed by atoms with Gasteiger partial charge in [-0.25, -0.2) is 28.4 Å². The molecule has 1 aromatic carbocycles. The van der Waals surface area contributed by atoms with Gasteiger partial charge in [-0.15, -0.1) is 0 Å². The molecule has 3 aromatic heterocycles. The first-order chi connectivity index (χ1) is 16.4. The van der Waals surface area contributed by atoms with E-state index in [4.69, 9.17) is 5.73 Å². The van der Waals surface area contributed by atoms with E-state index in [9.17, 15) is 13.6 Å². The van der Waals surface area contributed by atoms with E-state index in [0.29, 0.717) is 28.5 Å². The number of anilines is 1. The van der Waals surface area contributed by atoms with Crippen LogP contribution in [0.1, 0.15) is 23.7 Å². The van der Waals surface area contributed by atoms with Gasteiger partial charge in [0.15, 0.2) is 5.65 Å². The largest absolute Gasteiger partial charge is 0.383 e. The highest BCUT2D eigenvalue weighted by atomic mass is 19.1. The second-order valence-corrected chi connectivity index (χ2v) is 8.07. The highest BCUT2D eigenvalue weighted by Gasteiger charge is 2.37. The lowest BCUT2D eigenvalue weighted by atomic mass is 10.1. The Morgan fingerprint density at radius 3 is 2.91 bits per heavy atom. The number of aromatic nitrogens is 6. The standard InChI is InChI=1S/C23H20F2N8O/c1-3-20(34)32-10-15(7-14(32)9-24)33-23-21(22(26)27-11-28-23)17(30-33)5-4-13-6-18-19(8-16(13)25)31(2)12-29-18/h3,6,8,11-12,14-15H,1,7,9-10H2,2H3,(H2,26,27,28)/t14-,15?/m1/s1. The van der Waals surface area contributed by atoms with Gasteiger partial charge in [0.2, 0.25) is 5.91 Å². The molecule has 1 amide bonds. The molecule has 0 saturated carbocycles. The molecule has 5 rings (SSSR count). The molecule has 4 aromatic rings. The number of amides is 1. The number of nitrogen functional groups attached to an aromatic ring is 1. The van der Waals surface area contributed by atoms with Crippen LogP contribution in [0.5, 0.6) is 0 Å². The van der Waals surface area contributed by atoms with Crippen LogP contribution in [0.2, 0.25) is 0 Å². The highest BCUT2D eigenvalue weighted by molar-refractivity contribution is 5.91. The molecule has 0 bridgehead atoms. The number of hydrogen-bond donors (Lipinski definition) is 1. The summed E-state index contributed by atoms with van der Waals surface area (Å²) in [5, 5.41) is 4.98. The van der Waals surface area contributed by atoms with Crippen molar-refractivity contribution < 1.29 is 13.6 Å². The van der Waals surface area contributed by atoms with Gasteiger partial charge >= 0.3 is 0 Å². The Hall–Kier alpha value is -4.33. The summed E-state index contributed by atoms with van der Waals surface area (Å²) in [6, 6.07) is 2.00. The lowest BCUT2D eigenvalue weighted by Crippen LogP contribution is -2.35. The number of likely N-dealkylation sites (tertiary alicyclic amines) is 1. The van der Waals surface area contributed by atoms with Crippen LogP contribution in [0.4, 0.5) is 14.6 Å². The average Bonchev–Trinajstić information content (AvgIpc) is 3.53. The second-order valence-electron chi connectivity index (χ2n) is 8.07. The van der Waals surface area contributed by atoms with Gasteiger partial charge in [0.1, 0.15) is 30.3 Å². The summed E-state index contributed by atoms with van der Waals surface area (Å²) in [4.78, 5) is 26.2. The lowest BCUT2D eigenvalue weighted by Gasteiger charge is -2.20. The summed E-state index contributed by atoms with van der Waals surface area (Å²) in [7, 11) is 1.78. The van der Waals surface area contributed by atoms with Crippen molar-refractivity contribution >= 4 is 33.8 Å².